The molecule has 0 bridgehead atoms. The summed E-state index contributed by atoms with van der Waals surface area (Å²) in [7, 11) is 0. The third-order valence-corrected chi connectivity index (χ3v) is 3.47. The van der Waals surface area contributed by atoms with Gasteiger partial charge in [0.15, 0.2) is 0 Å². The highest BCUT2D eigenvalue weighted by molar-refractivity contribution is 5.96. The van der Waals surface area contributed by atoms with Gasteiger partial charge in [0, 0.05) is 0 Å². The Labute approximate surface area is 114 Å². The fraction of sp³-hybridized carbons (Fsp3) is 0.714. The van der Waals surface area contributed by atoms with E-state index in [0.717, 1.165) is 4.90 Å². The molecule has 0 spiro atoms. The zero-order chi connectivity index (χ0) is 15.0. The average molecular weight is 269 g/mol. The van der Waals surface area contributed by atoms with Crippen molar-refractivity contribution in [2.45, 2.75) is 52.4 Å². The van der Waals surface area contributed by atoms with Crippen LogP contribution in [0.1, 0.15) is 34.6 Å². The Bertz CT molecular complexity index is 387. The molecule has 5 nitrogen and oxygen atoms in total. The number of rotatable bonds is 4. The lowest BCUT2D eigenvalue weighted by Crippen LogP contribution is -2.50. The van der Waals surface area contributed by atoms with E-state index in [2.05, 4.69) is 6.58 Å². The minimum Gasteiger partial charge on any atom is -0.441 e. The molecule has 0 aromatic heterocycles. The Morgan fingerprint density at radius 3 is 2.37 bits per heavy atom. The van der Waals surface area contributed by atoms with Gasteiger partial charge in [0.05, 0.1) is 18.1 Å². The first-order chi connectivity index (χ1) is 8.63. The van der Waals surface area contributed by atoms with E-state index >= 15 is 0 Å². The molecule has 1 N–H and O–H groups in total. The second-order valence-electron chi connectivity index (χ2n) is 5.87. The minimum absolute atomic E-state index is 0.0601. The standard InChI is InChI=1S/C14H23NO4/c1-7-10(9(4)16)12(17)15-11(8(2)3)14(5,6)19-13(15)18/h7-11,16H,1H2,2-6H3/t9-,10?,11-/m1/s1. The molecular formula is C14H23NO4. The van der Waals surface area contributed by atoms with Gasteiger partial charge in [-0.25, -0.2) is 9.69 Å². The van der Waals surface area contributed by atoms with Crippen LogP contribution in [0, 0.1) is 11.8 Å². The number of nitrogens with zero attached hydrogens (tertiary/aromatic N) is 1. The van der Waals surface area contributed by atoms with Crippen LogP contribution in [0.2, 0.25) is 0 Å². The summed E-state index contributed by atoms with van der Waals surface area (Å²) in [6.45, 7) is 12.5. The SMILES string of the molecule is C=CC(C(=O)N1C(=O)OC(C)(C)[C@H]1C(C)C)[C@@H](C)O. The Kier molecular flexibility index (Phi) is 4.40. The first-order valence-corrected chi connectivity index (χ1v) is 6.50. The van der Waals surface area contributed by atoms with Crippen LogP contribution >= 0.6 is 0 Å². The number of hydrogen-bond donors (Lipinski definition) is 1. The van der Waals surface area contributed by atoms with Crippen molar-refractivity contribution in [3.05, 3.63) is 12.7 Å². The van der Waals surface area contributed by atoms with Gasteiger partial charge in [-0.15, -0.1) is 6.58 Å². The number of ether oxygens (including phenoxy) is 1. The molecule has 1 unspecified atom stereocenters. The summed E-state index contributed by atoms with van der Waals surface area (Å²) in [4.78, 5) is 25.5. The average Bonchev–Trinajstić information content (AvgIpc) is 2.47. The minimum atomic E-state index is -0.894. The number of aliphatic hydroxyl groups excluding tert-OH is 1. The predicted octanol–water partition coefficient (Wildman–Crippen LogP) is 1.95. The molecule has 1 heterocycles. The Morgan fingerprint density at radius 2 is 2.00 bits per heavy atom. The summed E-state index contributed by atoms with van der Waals surface area (Å²) in [6.07, 6.45) is -0.182. The molecule has 5 heteroatoms. The molecule has 19 heavy (non-hydrogen) atoms. The monoisotopic (exact) mass is 269 g/mol. The third-order valence-electron chi connectivity index (χ3n) is 3.47. The first kappa shape index (κ1) is 15.7. The molecule has 0 aromatic rings. The van der Waals surface area contributed by atoms with E-state index in [0.29, 0.717) is 0 Å². The third kappa shape index (κ3) is 2.81. The summed E-state index contributed by atoms with van der Waals surface area (Å²) < 4.78 is 5.28. The van der Waals surface area contributed by atoms with Gasteiger partial charge in [-0.1, -0.05) is 19.9 Å². The molecule has 2 amide bonds. The fourth-order valence-corrected chi connectivity index (χ4v) is 2.75. The summed E-state index contributed by atoms with van der Waals surface area (Å²) >= 11 is 0. The number of imide groups is 1. The summed E-state index contributed by atoms with van der Waals surface area (Å²) in [5.74, 6) is -1.20. The lowest BCUT2D eigenvalue weighted by molar-refractivity contribution is -0.136. The zero-order valence-corrected chi connectivity index (χ0v) is 12.2. The van der Waals surface area contributed by atoms with Crippen molar-refractivity contribution in [1.82, 2.24) is 4.90 Å². The molecule has 0 radical (unpaired) electrons. The molecule has 1 rings (SSSR count). The normalized spacial score (nSPS) is 25.1. The van der Waals surface area contributed by atoms with Crippen LogP contribution in [0.3, 0.4) is 0 Å². The number of amides is 2. The molecule has 3 atom stereocenters. The first-order valence-electron chi connectivity index (χ1n) is 6.50. The predicted molar refractivity (Wildman–Crippen MR) is 71.4 cm³/mol. The van der Waals surface area contributed by atoms with Crippen LogP contribution in [0.4, 0.5) is 4.79 Å². The van der Waals surface area contributed by atoms with Gasteiger partial charge in [0.25, 0.3) is 0 Å². The lowest BCUT2D eigenvalue weighted by atomic mass is 9.88. The van der Waals surface area contributed by atoms with Crippen LogP contribution < -0.4 is 0 Å². The lowest BCUT2D eigenvalue weighted by Gasteiger charge is -2.32. The Hall–Kier alpha value is -1.36. The van der Waals surface area contributed by atoms with Gasteiger partial charge in [0.1, 0.15) is 5.60 Å². The smallest absolute Gasteiger partial charge is 0.417 e. The van der Waals surface area contributed by atoms with Crippen LogP contribution in [-0.2, 0) is 9.53 Å². The van der Waals surface area contributed by atoms with Crippen LogP contribution in [0.25, 0.3) is 0 Å². The summed E-state index contributed by atoms with van der Waals surface area (Å²) in [5.41, 5.74) is -0.731. The van der Waals surface area contributed by atoms with Crippen molar-refractivity contribution in [2.24, 2.45) is 11.8 Å². The molecule has 1 saturated heterocycles. The van der Waals surface area contributed by atoms with E-state index in [1.807, 2.05) is 13.8 Å². The Balaban J connectivity index is 3.12. The summed E-state index contributed by atoms with van der Waals surface area (Å²) in [5, 5.41) is 9.61. The number of hydrogen-bond acceptors (Lipinski definition) is 4. The molecule has 0 aliphatic carbocycles. The molecule has 1 aliphatic rings. The second kappa shape index (κ2) is 5.33. The number of cyclic esters (lactones) is 1. The van der Waals surface area contributed by atoms with E-state index in [9.17, 15) is 14.7 Å². The largest absolute Gasteiger partial charge is 0.441 e. The molecule has 108 valence electrons. The molecule has 0 aromatic carbocycles. The highest BCUT2D eigenvalue weighted by Gasteiger charge is 2.52. The van der Waals surface area contributed by atoms with Gasteiger partial charge in [-0.3, -0.25) is 4.79 Å². The van der Waals surface area contributed by atoms with E-state index < -0.39 is 29.6 Å². The van der Waals surface area contributed by atoms with Gasteiger partial charge in [0.2, 0.25) is 5.91 Å². The van der Waals surface area contributed by atoms with Gasteiger partial charge < -0.3 is 9.84 Å². The van der Waals surface area contributed by atoms with Crippen LogP contribution in [-0.4, -0.2) is 39.8 Å². The van der Waals surface area contributed by atoms with Crippen molar-refractivity contribution in [3.63, 3.8) is 0 Å². The maximum absolute atomic E-state index is 12.4. The molecular weight excluding hydrogens is 246 g/mol. The topological polar surface area (TPSA) is 66.8 Å². The van der Waals surface area contributed by atoms with Crippen molar-refractivity contribution >= 4 is 12.0 Å². The molecule has 1 fully saturated rings. The number of carbonyl (C=O) groups is 2. The van der Waals surface area contributed by atoms with Crippen molar-refractivity contribution in [3.8, 4) is 0 Å². The second-order valence-corrected chi connectivity index (χ2v) is 5.87. The molecule has 0 saturated carbocycles. The van der Waals surface area contributed by atoms with E-state index in [1.54, 1.807) is 13.8 Å². The summed E-state index contributed by atoms with van der Waals surface area (Å²) in [6, 6.07) is -0.353. The van der Waals surface area contributed by atoms with E-state index in [1.165, 1.54) is 13.0 Å². The van der Waals surface area contributed by atoms with Crippen LogP contribution in [0.15, 0.2) is 12.7 Å². The van der Waals surface area contributed by atoms with Crippen molar-refractivity contribution < 1.29 is 19.4 Å². The number of carbonyl (C=O) groups excluding carboxylic acids is 2. The number of aliphatic hydroxyl groups is 1. The molecule has 1 aliphatic heterocycles. The van der Waals surface area contributed by atoms with Gasteiger partial charge >= 0.3 is 6.09 Å². The maximum Gasteiger partial charge on any atom is 0.417 e. The maximum atomic E-state index is 12.4. The quantitative estimate of drug-likeness (QED) is 0.792. The van der Waals surface area contributed by atoms with E-state index in [4.69, 9.17) is 4.74 Å². The van der Waals surface area contributed by atoms with Gasteiger partial charge in [-0.2, -0.15) is 0 Å². The highest BCUT2D eigenvalue weighted by Crippen LogP contribution is 2.35. The highest BCUT2D eigenvalue weighted by atomic mass is 16.6. The van der Waals surface area contributed by atoms with Crippen molar-refractivity contribution in [2.75, 3.05) is 0 Å². The van der Waals surface area contributed by atoms with Gasteiger partial charge in [-0.05, 0) is 26.7 Å². The Morgan fingerprint density at radius 1 is 1.47 bits per heavy atom. The van der Waals surface area contributed by atoms with Crippen molar-refractivity contribution in [1.29, 1.82) is 0 Å². The zero-order valence-electron chi connectivity index (χ0n) is 12.2. The fourth-order valence-electron chi connectivity index (χ4n) is 2.75. The van der Waals surface area contributed by atoms with E-state index in [-0.39, 0.29) is 12.0 Å². The van der Waals surface area contributed by atoms with Crippen LogP contribution in [0.5, 0.6) is 0 Å².